The number of nitrogens with one attached hydrogen (secondary N) is 1. The summed E-state index contributed by atoms with van der Waals surface area (Å²) < 4.78 is 0. The summed E-state index contributed by atoms with van der Waals surface area (Å²) in [4.78, 5) is 4.13. The molecule has 5 heteroatoms. The van der Waals surface area contributed by atoms with E-state index in [0.29, 0.717) is 10.9 Å². The van der Waals surface area contributed by atoms with Gasteiger partial charge in [-0.3, -0.25) is 0 Å². The van der Waals surface area contributed by atoms with Crippen LogP contribution in [-0.4, -0.2) is 18.8 Å². The Hall–Kier alpha value is -0.930. The van der Waals surface area contributed by atoms with Gasteiger partial charge < -0.3 is 11.1 Å². The van der Waals surface area contributed by atoms with Crippen molar-refractivity contribution in [2.45, 2.75) is 0 Å². The molecule has 0 unspecified atom stereocenters. The second kappa shape index (κ2) is 5.08. The minimum atomic E-state index is 0.214. The van der Waals surface area contributed by atoms with Crippen LogP contribution in [0.5, 0.6) is 0 Å². The van der Waals surface area contributed by atoms with Crippen molar-refractivity contribution < 1.29 is 0 Å². The van der Waals surface area contributed by atoms with Crippen molar-refractivity contribution in [3.63, 3.8) is 0 Å². The molecule has 0 saturated heterocycles. The molecule has 0 saturated carbocycles. The van der Waals surface area contributed by atoms with E-state index >= 15 is 0 Å². The van der Waals surface area contributed by atoms with E-state index in [2.05, 4.69) is 10.3 Å². The Bertz CT molecular complexity index is 350. The number of amidine groups is 1. The minimum absolute atomic E-state index is 0.214. The van der Waals surface area contributed by atoms with Crippen LogP contribution in [0.15, 0.2) is 23.2 Å². The Morgan fingerprint density at radius 3 is 2.86 bits per heavy atom. The van der Waals surface area contributed by atoms with E-state index < -0.39 is 0 Å². The van der Waals surface area contributed by atoms with Crippen molar-refractivity contribution in [2.24, 2.45) is 10.7 Å². The van der Waals surface area contributed by atoms with Crippen LogP contribution in [0, 0.1) is 0 Å². The summed E-state index contributed by atoms with van der Waals surface area (Å²) in [6.45, 7) is 0. The first kappa shape index (κ1) is 11.1. The van der Waals surface area contributed by atoms with Crippen LogP contribution in [0.1, 0.15) is 0 Å². The molecule has 3 N–H and O–H groups in total. The van der Waals surface area contributed by atoms with Gasteiger partial charge in [-0.1, -0.05) is 11.6 Å². The minimum Gasteiger partial charge on any atom is -0.386 e. The molecule has 0 aliphatic heterocycles. The highest BCUT2D eigenvalue weighted by Crippen LogP contribution is 2.27. The van der Waals surface area contributed by atoms with E-state index in [1.54, 1.807) is 25.2 Å². The van der Waals surface area contributed by atoms with E-state index in [1.165, 1.54) is 0 Å². The van der Waals surface area contributed by atoms with Gasteiger partial charge in [0.15, 0.2) is 0 Å². The fourth-order valence-corrected chi connectivity index (χ4v) is 1.22. The molecule has 14 heavy (non-hydrogen) atoms. The second-order valence-electron chi connectivity index (χ2n) is 2.65. The predicted octanol–water partition coefficient (Wildman–Crippen LogP) is 2.61. The zero-order valence-electron chi connectivity index (χ0n) is 7.72. The third-order valence-corrected chi connectivity index (χ3v) is 2.14. The van der Waals surface area contributed by atoms with Crippen LogP contribution in [0.25, 0.3) is 0 Å². The molecule has 0 atom stereocenters. The molecule has 0 aliphatic rings. The number of aliphatic imine (C=N–C) groups is 1. The van der Waals surface area contributed by atoms with Crippen molar-refractivity contribution in [1.29, 1.82) is 0 Å². The van der Waals surface area contributed by atoms with Crippen LogP contribution in [0.2, 0.25) is 5.02 Å². The molecule has 0 spiro atoms. The van der Waals surface area contributed by atoms with Crippen molar-refractivity contribution in [3.8, 4) is 0 Å². The van der Waals surface area contributed by atoms with Gasteiger partial charge in [-0.25, -0.2) is 4.99 Å². The molecule has 0 bridgehead atoms. The maximum Gasteiger partial charge on any atom is 0.115 e. The lowest BCUT2D eigenvalue weighted by atomic mass is 10.2. The van der Waals surface area contributed by atoms with Gasteiger partial charge in [-0.2, -0.15) is 0 Å². The predicted molar refractivity (Wildman–Crippen MR) is 63.0 cm³/mol. The molecule has 0 amide bonds. The van der Waals surface area contributed by atoms with Gasteiger partial charge in [0.1, 0.15) is 5.84 Å². The summed E-state index contributed by atoms with van der Waals surface area (Å²) in [6, 6.07) is 5.32. The van der Waals surface area contributed by atoms with Gasteiger partial charge in [0, 0.05) is 12.1 Å². The van der Waals surface area contributed by atoms with Gasteiger partial charge in [-0.15, -0.1) is 11.6 Å². The van der Waals surface area contributed by atoms with Crippen molar-refractivity contribution in [2.75, 3.05) is 18.2 Å². The van der Waals surface area contributed by atoms with Gasteiger partial charge in [0.2, 0.25) is 0 Å². The molecule has 1 aromatic carbocycles. The van der Waals surface area contributed by atoms with Gasteiger partial charge in [0.25, 0.3) is 0 Å². The second-order valence-corrected chi connectivity index (χ2v) is 3.35. The lowest BCUT2D eigenvalue weighted by Crippen LogP contribution is -2.12. The van der Waals surface area contributed by atoms with E-state index in [-0.39, 0.29) is 5.88 Å². The van der Waals surface area contributed by atoms with Crippen LogP contribution in [0.3, 0.4) is 0 Å². The molecular formula is C9H11Cl2N3. The first-order valence-electron chi connectivity index (χ1n) is 4.03. The maximum atomic E-state index is 5.82. The zero-order chi connectivity index (χ0) is 10.6. The Morgan fingerprint density at radius 2 is 2.29 bits per heavy atom. The van der Waals surface area contributed by atoms with Gasteiger partial charge in [-0.05, 0) is 18.2 Å². The summed E-state index contributed by atoms with van der Waals surface area (Å²) >= 11 is 11.3. The Morgan fingerprint density at radius 1 is 1.57 bits per heavy atom. The van der Waals surface area contributed by atoms with Gasteiger partial charge in [0.05, 0.1) is 17.3 Å². The van der Waals surface area contributed by atoms with Gasteiger partial charge >= 0.3 is 0 Å². The molecule has 0 radical (unpaired) electrons. The molecule has 3 nitrogen and oxygen atoms in total. The average molecular weight is 232 g/mol. The highest BCUT2D eigenvalue weighted by molar-refractivity contribution is 6.31. The van der Waals surface area contributed by atoms with E-state index in [0.717, 1.165) is 11.4 Å². The molecule has 76 valence electrons. The van der Waals surface area contributed by atoms with E-state index in [9.17, 15) is 0 Å². The molecule has 0 heterocycles. The Labute approximate surface area is 92.9 Å². The van der Waals surface area contributed by atoms with E-state index in [4.69, 9.17) is 28.9 Å². The molecule has 0 fully saturated rings. The summed E-state index contributed by atoms with van der Waals surface area (Å²) in [5, 5.41) is 3.63. The van der Waals surface area contributed by atoms with Crippen molar-refractivity contribution in [3.05, 3.63) is 23.2 Å². The first-order chi connectivity index (χ1) is 6.67. The monoisotopic (exact) mass is 231 g/mol. The third-order valence-electron chi connectivity index (χ3n) is 1.63. The largest absolute Gasteiger partial charge is 0.386 e. The fraction of sp³-hybridized carbons (Fsp3) is 0.222. The number of nitrogens with two attached hydrogens (primary N) is 1. The van der Waals surface area contributed by atoms with Crippen LogP contribution in [0.4, 0.5) is 11.4 Å². The highest BCUT2D eigenvalue weighted by atomic mass is 35.5. The highest BCUT2D eigenvalue weighted by Gasteiger charge is 2.00. The van der Waals surface area contributed by atoms with Crippen molar-refractivity contribution in [1.82, 2.24) is 0 Å². The fourth-order valence-electron chi connectivity index (χ4n) is 0.991. The normalized spacial score (nSPS) is 11.5. The Kier molecular flexibility index (Phi) is 4.04. The number of rotatable bonds is 3. The van der Waals surface area contributed by atoms with Crippen LogP contribution >= 0.6 is 23.2 Å². The number of alkyl halides is 1. The summed E-state index contributed by atoms with van der Waals surface area (Å²) in [5.41, 5.74) is 7.08. The molecule has 1 aromatic rings. The number of halogens is 2. The quantitative estimate of drug-likeness (QED) is 0.478. The number of hydrogen-bond donors (Lipinski definition) is 2. The number of anilines is 1. The smallest absolute Gasteiger partial charge is 0.115 e. The number of hydrogen-bond acceptors (Lipinski definition) is 2. The van der Waals surface area contributed by atoms with Crippen LogP contribution < -0.4 is 11.1 Å². The topological polar surface area (TPSA) is 50.4 Å². The SMILES string of the molecule is CNc1cc(Cl)ccc1N=C(N)CCl. The average Bonchev–Trinajstić information content (AvgIpc) is 2.20. The standard InChI is InChI=1S/C9H11Cl2N3/c1-13-8-4-6(11)2-3-7(8)14-9(12)5-10/h2-4,13H,5H2,1H3,(H2,12,14). The van der Waals surface area contributed by atoms with Crippen molar-refractivity contribution >= 4 is 40.4 Å². The molecule has 1 rings (SSSR count). The number of nitrogens with zero attached hydrogens (tertiary/aromatic N) is 1. The first-order valence-corrected chi connectivity index (χ1v) is 4.95. The number of benzene rings is 1. The lowest BCUT2D eigenvalue weighted by molar-refractivity contribution is 1.42. The molecule has 0 aromatic heterocycles. The summed E-state index contributed by atoms with van der Waals surface area (Å²) in [6.07, 6.45) is 0. The lowest BCUT2D eigenvalue weighted by Gasteiger charge is -2.05. The zero-order valence-corrected chi connectivity index (χ0v) is 9.23. The third kappa shape index (κ3) is 2.79. The summed E-state index contributed by atoms with van der Waals surface area (Å²) in [7, 11) is 1.79. The van der Waals surface area contributed by atoms with Crippen LogP contribution in [-0.2, 0) is 0 Å². The summed E-state index contributed by atoms with van der Waals surface area (Å²) in [5.74, 6) is 0.594. The maximum absolute atomic E-state index is 5.82. The molecular weight excluding hydrogens is 221 g/mol. The molecule has 0 aliphatic carbocycles. The van der Waals surface area contributed by atoms with E-state index in [1.807, 2.05) is 0 Å². The Balaban J connectivity index is 3.08.